The zero-order valence-electron chi connectivity index (χ0n) is 12.7. The Kier molecular flexibility index (Phi) is 3.95. The molecule has 8 nitrogen and oxygen atoms in total. The summed E-state index contributed by atoms with van der Waals surface area (Å²) in [6, 6.07) is 2.61. The number of aliphatic imine (C=N–C) groups is 1. The molecule has 1 atom stereocenters. The summed E-state index contributed by atoms with van der Waals surface area (Å²) in [6.07, 6.45) is 1.50. The van der Waals surface area contributed by atoms with Crippen LogP contribution in [-0.2, 0) is 16.1 Å². The highest BCUT2D eigenvalue weighted by Crippen LogP contribution is 2.17. The first-order valence-electron chi connectivity index (χ1n) is 7.00. The monoisotopic (exact) mass is 334 g/mol. The highest BCUT2D eigenvalue weighted by atomic mass is 32.1. The third-order valence-corrected chi connectivity index (χ3v) is 4.60. The van der Waals surface area contributed by atoms with Crippen LogP contribution in [0.3, 0.4) is 0 Å². The Morgan fingerprint density at radius 3 is 2.96 bits per heavy atom. The molecule has 0 bridgehead atoms. The van der Waals surface area contributed by atoms with Crippen molar-refractivity contribution in [3.8, 4) is 0 Å². The second kappa shape index (κ2) is 5.92. The van der Waals surface area contributed by atoms with E-state index in [1.54, 1.807) is 18.7 Å². The van der Waals surface area contributed by atoms with Crippen LogP contribution in [0.15, 0.2) is 22.5 Å². The van der Waals surface area contributed by atoms with Crippen LogP contribution in [0.5, 0.6) is 0 Å². The van der Waals surface area contributed by atoms with Gasteiger partial charge in [-0.3, -0.25) is 19.4 Å². The van der Waals surface area contributed by atoms with E-state index in [4.69, 9.17) is 0 Å². The molecular formula is C14H16N5O3S+. The van der Waals surface area contributed by atoms with Crippen molar-refractivity contribution >= 4 is 41.4 Å². The molecule has 3 heterocycles. The maximum atomic E-state index is 12.5. The first-order chi connectivity index (χ1) is 11.0. The molecule has 3 rings (SSSR count). The van der Waals surface area contributed by atoms with Gasteiger partial charge in [-0.15, -0.1) is 11.3 Å². The zero-order chi connectivity index (χ0) is 16.6. The van der Waals surface area contributed by atoms with Crippen LogP contribution in [0.2, 0.25) is 0 Å². The van der Waals surface area contributed by atoms with Gasteiger partial charge in [0.05, 0.1) is 13.6 Å². The smallest absolute Gasteiger partial charge is 0.334 e. The Morgan fingerprint density at radius 1 is 1.48 bits per heavy atom. The topological polar surface area (TPSA) is 85.1 Å². The Bertz CT molecular complexity index is 725. The fraction of sp³-hybridized carbons (Fsp3) is 0.357. The highest BCUT2D eigenvalue weighted by molar-refractivity contribution is 7.09. The molecule has 1 saturated heterocycles. The van der Waals surface area contributed by atoms with Crippen LogP contribution >= 0.6 is 11.3 Å². The van der Waals surface area contributed by atoms with Crippen LogP contribution in [0.25, 0.3) is 0 Å². The molecule has 0 saturated carbocycles. The fourth-order valence-electron chi connectivity index (χ4n) is 2.49. The van der Waals surface area contributed by atoms with Crippen LogP contribution < -0.4 is 5.32 Å². The fourth-order valence-corrected chi connectivity index (χ4v) is 3.13. The van der Waals surface area contributed by atoms with Crippen molar-refractivity contribution in [1.29, 1.82) is 0 Å². The maximum absolute atomic E-state index is 12.5. The Labute approximate surface area is 136 Å². The Morgan fingerprint density at radius 2 is 2.26 bits per heavy atom. The molecule has 2 aliphatic heterocycles. The van der Waals surface area contributed by atoms with E-state index in [9.17, 15) is 14.4 Å². The van der Waals surface area contributed by atoms with Gasteiger partial charge in [-0.2, -0.15) is 0 Å². The highest BCUT2D eigenvalue weighted by Gasteiger charge is 2.51. The number of amides is 4. The van der Waals surface area contributed by atoms with Gasteiger partial charge in [0.1, 0.15) is 6.54 Å². The largest absolute Gasteiger partial charge is 0.350 e. The third-order valence-electron chi connectivity index (χ3n) is 3.73. The molecule has 1 aromatic heterocycles. The molecule has 1 aromatic rings. The predicted molar refractivity (Wildman–Crippen MR) is 84.5 cm³/mol. The van der Waals surface area contributed by atoms with Crippen molar-refractivity contribution in [3.63, 3.8) is 0 Å². The number of fused-ring (bicyclic) bond motifs is 1. The number of carbonyl (C=O) groups is 3. The van der Waals surface area contributed by atoms with Gasteiger partial charge in [0.2, 0.25) is 5.91 Å². The first-order valence-corrected chi connectivity index (χ1v) is 7.88. The van der Waals surface area contributed by atoms with Crippen LogP contribution in [0, 0.1) is 0 Å². The number of thiophene rings is 1. The number of nitrogens with zero attached hydrogens (tertiary/aromatic N) is 4. The summed E-state index contributed by atoms with van der Waals surface area (Å²) in [5.41, 5.74) is 0. The van der Waals surface area contributed by atoms with Gasteiger partial charge in [0, 0.05) is 11.9 Å². The summed E-state index contributed by atoms with van der Waals surface area (Å²) in [6.45, 7) is 0.0807. The molecule has 0 spiro atoms. The van der Waals surface area contributed by atoms with Crippen LogP contribution in [-0.4, -0.2) is 71.1 Å². The van der Waals surface area contributed by atoms with Gasteiger partial charge in [0.25, 0.3) is 24.1 Å². The molecule has 0 radical (unpaired) electrons. The lowest BCUT2D eigenvalue weighted by Crippen LogP contribution is -2.63. The number of rotatable bonds is 4. The van der Waals surface area contributed by atoms with Crippen LogP contribution in [0.1, 0.15) is 4.88 Å². The molecule has 2 aliphatic rings. The van der Waals surface area contributed by atoms with Gasteiger partial charge in [0.15, 0.2) is 0 Å². The van der Waals surface area contributed by atoms with Crippen molar-refractivity contribution in [1.82, 2.24) is 15.1 Å². The number of likely N-dealkylation sites (N-methyl/N-ethyl adjacent to an activating group) is 2. The molecule has 0 aromatic carbocycles. The van der Waals surface area contributed by atoms with E-state index < -0.39 is 18.0 Å². The van der Waals surface area contributed by atoms with E-state index in [2.05, 4.69) is 10.3 Å². The standard InChI is InChI=1S/C14H15N5O3S/c1-17-8-16-12-11(17)13(21)19(14(22)18(12)2)7-10(20)15-6-9-4-3-5-23-9/h3-5,8,11H,6-7H2,1-2H3/p+1. The predicted octanol–water partition coefficient (Wildman–Crippen LogP) is -0.290. The molecule has 23 heavy (non-hydrogen) atoms. The van der Waals surface area contributed by atoms with Gasteiger partial charge in [-0.1, -0.05) is 6.07 Å². The molecule has 0 aliphatic carbocycles. The summed E-state index contributed by atoms with van der Waals surface area (Å²) in [5.74, 6) is -0.425. The first kappa shape index (κ1) is 15.3. The summed E-state index contributed by atoms with van der Waals surface area (Å²) in [5, 5.41) is 4.63. The average molecular weight is 334 g/mol. The molecule has 1 fully saturated rings. The van der Waals surface area contributed by atoms with Gasteiger partial charge >= 0.3 is 6.03 Å². The van der Waals surface area contributed by atoms with Crippen molar-refractivity contribution < 1.29 is 19.0 Å². The summed E-state index contributed by atoms with van der Waals surface area (Å²) >= 11 is 1.53. The SMILES string of the molecule is CN1C(=O)N(CC(=O)NCc2cccs2)C(=O)C2C1=NC=[N+]2C. The summed E-state index contributed by atoms with van der Waals surface area (Å²) < 4.78 is 1.62. The average Bonchev–Trinajstić information content (AvgIpc) is 3.17. The Balaban J connectivity index is 1.68. The van der Waals surface area contributed by atoms with E-state index in [0.29, 0.717) is 12.4 Å². The second-order valence-corrected chi connectivity index (χ2v) is 6.33. The normalized spacial score (nSPS) is 20.3. The number of carbonyl (C=O) groups excluding carboxylic acids is 3. The number of hydrogen-bond acceptors (Lipinski definition) is 5. The third kappa shape index (κ3) is 2.74. The lowest BCUT2D eigenvalue weighted by Gasteiger charge is -2.32. The number of imide groups is 1. The van der Waals surface area contributed by atoms with E-state index in [0.717, 1.165) is 9.78 Å². The number of nitrogens with one attached hydrogen (secondary N) is 1. The van der Waals surface area contributed by atoms with E-state index >= 15 is 0 Å². The molecule has 1 N–H and O–H groups in total. The molecule has 9 heteroatoms. The summed E-state index contributed by atoms with van der Waals surface area (Å²) in [4.78, 5) is 44.2. The second-order valence-electron chi connectivity index (χ2n) is 5.29. The molecule has 120 valence electrons. The molecule has 1 unspecified atom stereocenters. The Hall–Kier alpha value is -2.55. The lowest BCUT2D eigenvalue weighted by molar-refractivity contribution is -0.500. The van der Waals surface area contributed by atoms with Gasteiger partial charge in [-0.05, 0) is 16.4 Å². The maximum Gasteiger partial charge on any atom is 0.334 e. The number of urea groups is 1. The van der Waals surface area contributed by atoms with Crippen molar-refractivity contribution in [2.24, 2.45) is 4.99 Å². The minimum atomic E-state index is -0.650. The van der Waals surface area contributed by atoms with E-state index in [1.807, 2.05) is 17.5 Å². The lowest BCUT2D eigenvalue weighted by atomic mass is 10.1. The minimum Gasteiger partial charge on any atom is -0.350 e. The van der Waals surface area contributed by atoms with E-state index in [-0.39, 0.29) is 12.5 Å². The molecule has 4 amide bonds. The molecular weight excluding hydrogens is 318 g/mol. The van der Waals surface area contributed by atoms with Crippen molar-refractivity contribution in [2.45, 2.75) is 12.6 Å². The van der Waals surface area contributed by atoms with Crippen molar-refractivity contribution in [2.75, 3.05) is 20.6 Å². The number of hydrogen-bond donors (Lipinski definition) is 1. The number of amidine groups is 1. The van der Waals surface area contributed by atoms with Gasteiger partial charge in [-0.25, -0.2) is 9.37 Å². The summed E-state index contributed by atoms with van der Waals surface area (Å²) in [7, 11) is 3.25. The van der Waals surface area contributed by atoms with E-state index in [1.165, 1.54) is 22.6 Å². The minimum absolute atomic E-state index is 0.301. The van der Waals surface area contributed by atoms with Gasteiger partial charge < -0.3 is 5.32 Å². The quantitative estimate of drug-likeness (QED) is 0.768. The van der Waals surface area contributed by atoms with Crippen LogP contribution in [0.4, 0.5) is 4.79 Å². The zero-order valence-corrected chi connectivity index (χ0v) is 13.5. The van der Waals surface area contributed by atoms with Crippen molar-refractivity contribution in [3.05, 3.63) is 22.4 Å².